The fourth-order valence-electron chi connectivity index (χ4n) is 2.39. The van der Waals surface area contributed by atoms with Gasteiger partial charge in [-0.1, -0.05) is 12.1 Å². The minimum absolute atomic E-state index is 0.107. The fourth-order valence-corrected chi connectivity index (χ4v) is 2.39. The number of nitrogens with zero attached hydrogens (tertiary/aromatic N) is 4. The van der Waals surface area contributed by atoms with Gasteiger partial charge in [0.25, 0.3) is 0 Å². The summed E-state index contributed by atoms with van der Waals surface area (Å²) in [7, 11) is 0. The van der Waals surface area contributed by atoms with E-state index in [0.717, 1.165) is 13.0 Å². The lowest BCUT2D eigenvalue weighted by molar-refractivity contribution is -0.132. The highest BCUT2D eigenvalue weighted by atomic mass is 16.2. The normalized spacial score (nSPS) is 24.3. The van der Waals surface area contributed by atoms with Crippen molar-refractivity contribution in [1.29, 1.82) is 0 Å². The molecule has 6 nitrogen and oxygen atoms in total. The number of hydrogen-bond donors (Lipinski definition) is 1. The average Bonchev–Trinajstić information content (AvgIpc) is 2.85. The first-order chi connectivity index (χ1) is 8.10. The fraction of sp³-hybridized carbons (Fsp3) is 0.727. The third-order valence-electron chi connectivity index (χ3n) is 3.20. The Morgan fingerprint density at radius 3 is 2.88 bits per heavy atom. The summed E-state index contributed by atoms with van der Waals surface area (Å²) in [5.74, 6) is 0.694. The van der Waals surface area contributed by atoms with Crippen molar-refractivity contribution < 1.29 is 4.79 Å². The van der Waals surface area contributed by atoms with Crippen molar-refractivity contribution in [2.45, 2.75) is 39.4 Å². The van der Waals surface area contributed by atoms with Gasteiger partial charge >= 0.3 is 0 Å². The molecule has 1 aliphatic heterocycles. The van der Waals surface area contributed by atoms with Crippen LogP contribution in [0.1, 0.15) is 26.0 Å². The third-order valence-corrected chi connectivity index (χ3v) is 3.20. The van der Waals surface area contributed by atoms with Gasteiger partial charge in [0.05, 0.1) is 11.9 Å². The number of amides is 1. The smallest absolute Gasteiger partial charge is 0.244 e. The van der Waals surface area contributed by atoms with Crippen LogP contribution in [0.2, 0.25) is 0 Å². The van der Waals surface area contributed by atoms with Crippen LogP contribution in [-0.4, -0.2) is 38.4 Å². The molecule has 94 valence electrons. The first-order valence-corrected chi connectivity index (χ1v) is 5.98. The van der Waals surface area contributed by atoms with Gasteiger partial charge in [-0.3, -0.25) is 4.79 Å². The largest absolute Gasteiger partial charge is 0.338 e. The Labute approximate surface area is 101 Å². The summed E-state index contributed by atoms with van der Waals surface area (Å²) < 4.78 is 1.56. The maximum Gasteiger partial charge on any atom is 0.244 e. The van der Waals surface area contributed by atoms with Crippen LogP contribution in [0, 0.1) is 5.92 Å². The summed E-state index contributed by atoms with van der Waals surface area (Å²) in [4.78, 5) is 14.0. The molecule has 1 aromatic rings. The van der Waals surface area contributed by atoms with Crippen LogP contribution in [0.25, 0.3) is 0 Å². The highest BCUT2D eigenvalue weighted by Crippen LogP contribution is 2.22. The SMILES string of the molecule is CC1CC(C)N(C(=O)Cn2cc(CN)nn2)C1. The Bertz CT molecular complexity index is 402. The predicted molar refractivity (Wildman–Crippen MR) is 62.9 cm³/mol. The van der Waals surface area contributed by atoms with Crippen molar-refractivity contribution in [2.24, 2.45) is 11.7 Å². The van der Waals surface area contributed by atoms with Crippen LogP contribution < -0.4 is 5.73 Å². The van der Waals surface area contributed by atoms with Crippen LogP contribution in [-0.2, 0) is 17.9 Å². The molecule has 0 saturated carbocycles. The van der Waals surface area contributed by atoms with Gasteiger partial charge in [0.2, 0.25) is 5.91 Å². The highest BCUT2D eigenvalue weighted by molar-refractivity contribution is 5.76. The number of nitrogens with two attached hydrogens (primary N) is 1. The molecule has 2 rings (SSSR count). The van der Waals surface area contributed by atoms with Crippen molar-refractivity contribution in [1.82, 2.24) is 19.9 Å². The molecular weight excluding hydrogens is 218 g/mol. The summed E-state index contributed by atoms with van der Waals surface area (Å²) in [5.41, 5.74) is 6.15. The summed E-state index contributed by atoms with van der Waals surface area (Å²) >= 11 is 0. The van der Waals surface area contributed by atoms with E-state index in [-0.39, 0.29) is 12.5 Å². The van der Waals surface area contributed by atoms with E-state index in [1.165, 1.54) is 0 Å². The topological polar surface area (TPSA) is 77.0 Å². The zero-order valence-electron chi connectivity index (χ0n) is 10.3. The van der Waals surface area contributed by atoms with Crippen molar-refractivity contribution in [3.8, 4) is 0 Å². The van der Waals surface area contributed by atoms with Gasteiger partial charge in [0, 0.05) is 19.1 Å². The molecule has 6 heteroatoms. The van der Waals surface area contributed by atoms with Crippen molar-refractivity contribution in [2.75, 3.05) is 6.54 Å². The molecule has 0 spiro atoms. The van der Waals surface area contributed by atoms with Gasteiger partial charge in [-0.15, -0.1) is 5.10 Å². The predicted octanol–water partition coefficient (Wildman–Crippen LogP) is -0.00630. The van der Waals surface area contributed by atoms with E-state index in [4.69, 9.17) is 5.73 Å². The Hall–Kier alpha value is -1.43. The van der Waals surface area contributed by atoms with E-state index >= 15 is 0 Å². The maximum atomic E-state index is 12.1. The summed E-state index contributed by atoms with van der Waals surface area (Å²) in [6.45, 7) is 5.72. The molecule has 17 heavy (non-hydrogen) atoms. The van der Waals surface area contributed by atoms with Gasteiger partial charge in [0.1, 0.15) is 6.54 Å². The Morgan fingerprint density at radius 2 is 2.35 bits per heavy atom. The molecule has 2 unspecified atom stereocenters. The minimum atomic E-state index is 0.107. The second-order valence-corrected chi connectivity index (χ2v) is 4.85. The van der Waals surface area contributed by atoms with E-state index in [9.17, 15) is 4.79 Å². The maximum absolute atomic E-state index is 12.1. The Morgan fingerprint density at radius 1 is 1.59 bits per heavy atom. The monoisotopic (exact) mass is 237 g/mol. The van der Waals surface area contributed by atoms with Gasteiger partial charge in [-0.2, -0.15) is 0 Å². The zero-order chi connectivity index (χ0) is 12.4. The van der Waals surface area contributed by atoms with Gasteiger partial charge in [0.15, 0.2) is 0 Å². The average molecular weight is 237 g/mol. The van der Waals surface area contributed by atoms with Crippen molar-refractivity contribution in [3.05, 3.63) is 11.9 Å². The molecule has 2 N–H and O–H groups in total. The van der Waals surface area contributed by atoms with Gasteiger partial charge in [-0.25, -0.2) is 4.68 Å². The van der Waals surface area contributed by atoms with Crippen molar-refractivity contribution in [3.63, 3.8) is 0 Å². The number of carbonyl (C=O) groups excluding carboxylic acids is 1. The Kier molecular flexibility index (Phi) is 3.42. The number of aromatic nitrogens is 3. The molecule has 0 aromatic carbocycles. The lowest BCUT2D eigenvalue weighted by Crippen LogP contribution is -2.36. The molecule has 1 amide bonds. The zero-order valence-corrected chi connectivity index (χ0v) is 10.3. The molecular formula is C11H19N5O. The minimum Gasteiger partial charge on any atom is -0.338 e. The van der Waals surface area contributed by atoms with E-state index < -0.39 is 0 Å². The van der Waals surface area contributed by atoms with E-state index in [2.05, 4.69) is 24.2 Å². The lowest BCUT2D eigenvalue weighted by atomic mass is 10.1. The van der Waals surface area contributed by atoms with E-state index in [1.807, 2.05) is 4.90 Å². The standard InChI is InChI=1S/C11H19N5O/c1-8-3-9(2)16(5-8)11(17)7-15-6-10(4-12)13-14-15/h6,8-9H,3-5,7,12H2,1-2H3. The number of likely N-dealkylation sites (tertiary alicyclic amines) is 1. The highest BCUT2D eigenvalue weighted by Gasteiger charge is 2.29. The quantitative estimate of drug-likeness (QED) is 0.802. The Balaban J connectivity index is 1.97. The van der Waals surface area contributed by atoms with Gasteiger partial charge in [-0.05, 0) is 19.3 Å². The lowest BCUT2D eigenvalue weighted by Gasteiger charge is -2.21. The van der Waals surface area contributed by atoms with E-state index in [1.54, 1.807) is 10.9 Å². The molecule has 2 heterocycles. The third kappa shape index (κ3) is 2.63. The van der Waals surface area contributed by atoms with Crippen LogP contribution in [0.3, 0.4) is 0 Å². The summed E-state index contributed by atoms with van der Waals surface area (Å²) in [6, 6.07) is 0.329. The molecule has 0 bridgehead atoms. The van der Waals surface area contributed by atoms with Crippen LogP contribution >= 0.6 is 0 Å². The second kappa shape index (κ2) is 4.83. The number of rotatable bonds is 3. The molecule has 1 aliphatic rings. The van der Waals surface area contributed by atoms with Crippen LogP contribution in [0.4, 0.5) is 0 Å². The summed E-state index contributed by atoms with van der Waals surface area (Å²) in [6.07, 6.45) is 2.80. The first kappa shape index (κ1) is 12.0. The number of hydrogen-bond acceptors (Lipinski definition) is 4. The number of carbonyl (C=O) groups is 1. The molecule has 0 radical (unpaired) electrons. The molecule has 1 fully saturated rings. The second-order valence-electron chi connectivity index (χ2n) is 4.85. The van der Waals surface area contributed by atoms with Crippen molar-refractivity contribution >= 4 is 5.91 Å². The van der Waals surface area contributed by atoms with Gasteiger partial charge < -0.3 is 10.6 Å². The molecule has 1 aromatic heterocycles. The summed E-state index contributed by atoms with van der Waals surface area (Å²) in [5, 5.41) is 7.75. The van der Waals surface area contributed by atoms with Crippen LogP contribution in [0.5, 0.6) is 0 Å². The molecule has 2 atom stereocenters. The van der Waals surface area contributed by atoms with Crippen LogP contribution in [0.15, 0.2) is 6.20 Å². The molecule has 1 saturated heterocycles. The first-order valence-electron chi connectivity index (χ1n) is 5.98. The molecule has 0 aliphatic carbocycles. The van der Waals surface area contributed by atoms with E-state index in [0.29, 0.717) is 24.2 Å².